The second-order valence-corrected chi connectivity index (χ2v) is 8.95. The Labute approximate surface area is 126 Å². The van der Waals surface area contributed by atoms with Crippen molar-refractivity contribution in [3.8, 4) is 0 Å². The lowest BCUT2D eigenvalue weighted by Crippen LogP contribution is -2.46. The first kappa shape index (κ1) is 15.0. The van der Waals surface area contributed by atoms with E-state index in [1.165, 1.54) is 30.7 Å². The molecule has 0 heterocycles. The zero-order valence-electron chi connectivity index (χ0n) is 12.7. The summed E-state index contributed by atoms with van der Waals surface area (Å²) in [6.07, 6.45) is 3.13. The molecule has 0 aromatic heterocycles. The SMILES string of the molecule is CC1(C)[C@@H]2CC[C@]1(C)[C@H](NS(=O)(=O)c1ccc(F)cc1)C2. The van der Waals surface area contributed by atoms with Crippen LogP contribution in [0.15, 0.2) is 29.2 Å². The van der Waals surface area contributed by atoms with E-state index < -0.39 is 15.8 Å². The molecule has 1 aromatic carbocycles. The van der Waals surface area contributed by atoms with Crippen molar-refractivity contribution < 1.29 is 12.8 Å². The summed E-state index contributed by atoms with van der Waals surface area (Å²) in [5, 5.41) is 0. The molecule has 0 unspecified atom stereocenters. The molecular formula is C16H22FNO2S. The van der Waals surface area contributed by atoms with Crippen LogP contribution < -0.4 is 4.72 Å². The van der Waals surface area contributed by atoms with Crippen LogP contribution in [0.1, 0.15) is 40.0 Å². The molecule has 0 saturated heterocycles. The molecular weight excluding hydrogens is 289 g/mol. The Morgan fingerprint density at radius 2 is 1.81 bits per heavy atom. The van der Waals surface area contributed by atoms with E-state index in [0.29, 0.717) is 5.92 Å². The van der Waals surface area contributed by atoms with Crippen molar-refractivity contribution in [1.29, 1.82) is 0 Å². The van der Waals surface area contributed by atoms with E-state index in [1.54, 1.807) is 0 Å². The lowest BCUT2D eigenvalue weighted by Gasteiger charge is -2.39. The topological polar surface area (TPSA) is 46.2 Å². The normalized spacial score (nSPS) is 34.3. The Bertz CT molecular complexity index is 653. The highest BCUT2D eigenvalue weighted by Gasteiger charge is 2.61. The zero-order chi connectivity index (χ0) is 15.5. The monoisotopic (exact) mass is 311 g/mol. The summed E-state index contributed by atoms with van der Waals surface area (Å²) in [6, 6.07) is 4.96. The molecule has 2 aliphatic carbocycles. The van der Waals surface area contributed by atoms with Gasteiger partial charge in [-0.3, -0.25) is 0 Å². The Hall–Kier alpha value is -0.940. The minimum Gasteiger partial charge on any atom is -0.207 e. The number of sulfonamides is 1. The summed E-state index contributed by atoms with van der Waals surface area (Å²) >= 11 is 0. The van der Waals surface area contributed by atoms with Crippen molar-refractivity contribution in [3.05, 3.63) is 30.1 Å². The number of benzene rings is 1. The van der Waals surface area contributed by atoms with Crippen LogP contribution in [-0.4, -0.2) is 14.5 Å². The van der Waals surface area contributed by atoms with Crippen molar-refractivity contribution in [1.82, 2.24) is 4.72 Å². The highest BCUT2D eigenvalue weighted by Crippen LogP contribution is 2.65. The number of halogens is 1. The van der Waals surface area contributed by atoms with E-state index in [9.17, 15) is 12.8 Å². The fourth-order valence-electron chi connectivity index (χ4n) is 4.25. The molecule has 2 saturated carbocycles. The van der Waals surface area contributed by atoms with Gasteiger partial charge in [0.2, 0.25) is 10.0 Å². The van der Waals surface area contributed by atoms with Crippen LogP contribution >= 0.6 is 0 Å². The molecule has 2 aliphatic rings. The van der Waals surface area contributed by atoms with Gasteiger partial charge in [0.05, 0.1) is 4.90 Å². The van der Waals surface area contributed by atoms with Gasteiger partial charge in [-0.15, -0.1) is 0 Å². The fraction of sp³-hybridized carbons (Fsp3) is 0.625. The average Bonchev–Trinajstić information content (AvgIpc) is 2.72. The van der Waals surface area contributed by atoms with Gasteiger partial charge in [-0.2, -0.15) is 0 Å². The Kier molecular flexibility index (Phi) is 3.23. The van der Waals surface area contributed by atoms with Crippen molar-refractivity contribution in [2.75, 3.05) is 0 Å². The second kappa shape index (κ2) is 4.53. The van der Waals surface area contributed by atoms with Gasteiger partial charge in [0.15, 0.2) is 0 Å². The largest absolute Gasteiger partial charge is 0.240 e. The predicted molar refractivity (Wildman–Crippen MR) is 79.7 cm³/mol. The maximum Gasteiger partial charge on any atom is 0.240 e. The van der Waals surface area contributed by atoms with Crippen LogP contribution in [0.4, 0.5) is 4.39 Å². The lowest BCUT2D eigenvalue weighted by molar-refractivity contribution is 0.130. The average molecular weight is 311 g/mol. The predicted octanol–water partition coefficient (Wildman–Crippen LogP) is 3.32. The molecule has 2 fully saturated rings. The zero-order valence-corrected chi connectivity index (χ0v) is 13.5. The second-order valence-electron chi connectivity index (χ2n) is 7.24. The van der Waals surface area contributed by atoms with E-state index >= 15 is 0 Å². The van der Waals surface area contributed by atoms with E-state index in [0.717, 1.165) is 12.8 Å². The van der Waals surface area contributed by atoms with Crippen molar-refractivity contribution in [2.45, 2.75) is 51.0 Å². The molecule has 5 heteroatoms. The number of fused-ring (bicyclic) bond motifs is 2. The highest BCUT2D eigenvalue weighted by atomic mass is 32.2. The lowest BCUT2D eigenvalue weighted by atomic mass is 9.69. The summed E-state index contributed by atoms with van der Waals surface area (Å²) in [7, 11) is -3.59. The first-order valence-corrected chi connectivity index (χ1v) is 8.93. The van der Waals surface area contributed by atoms with Gasteiger partial charge in [0.25, 0.3) is 0 Å². The minimum absolute atomic E-state index is 0.00916. The molecule has 0 spiro atoms. The molecule has 0 amide bonds. The number of nitrogens with one attached hydrogen (secondary N) is 1. The van der Waals surface area contributed by atoms with E-state index in [-0.39, 0.29) is 21.8 Å². The summed E-state index contributed by atoms with van der Waals surface area (Å²) in [4.78, 5) is 0.132. The fourth-order valence-corrected chi connectivity index (χ4v) is 5.61. The summed E-state index contributed by atoms with van der Waals surface area (Å²) < 4.78 is 40.8. The Morgan fingerprint density at radius 1 is 1.19 bits per heavy atom. The first-order valence-electron chi connectivity index (χ1n) is 7.45. The maximum absolute atomic E-state index is 12.9. The molecule has 0 radical (unpaired) electrons. The molecule has 2 bridgehead atoms. The van der Waals surface area contributed by atoms with Crippen LogP contribution in [0.5, 0.6) is 0 Å². The van der Waals surface area contributed by atoms with E-state index in [4.69, 9.17) is 0 Å². The Balaban J connectivity index is 1.86. The quantitative estimate of drug-likeness (QED) is 0.931. The third kappa shape index (κ3) is 2.13. The molecule has 21 heavy (non-hydrogen) atoms. The first-order chi connectivity index (χ1) is 9.67. The maximum atomic E-state index is 12.9. The molecule has 1 aromatic rings. The van der Waals surface area contributed by atoms with E-state index in [1.807, 2.05) is 0 Å². The van der Waals surface area contributed by atoms with Crippen LogP contribution in [0, 0.1) is 22.6 Å². The molecule has 1 N–H and O–H groups in total. The van der Waals surface area contributed by atoms with Crippen LogP contribution in [0.25, 0.3) is 0 Å². The summed E-state index contributed by atoms with van der Waals surface area (Å²) in [5.41, 5.74) is 0.147. The van der Waals surface area contributed by atoms with Crippen LogP contribution in [0.2, 0.25) is 0 Å². The third-order valence-corrected chi connectivity index (χ3v) is 7.70. The molecule has 116 valence electrons. The third-order valence-electron chi connectivity index (χ3n) is 6.22. The Morgan fingerprint density at radius 3 is 2.29 bits per heavy atom. The van der Waals surface area contributed by atoms with Crippen molar-refractivity contribution in [3.63, 3.8) is 0 Å². The molecule has 3 atom stereocenters. The van der Waals surface area contributed by atoms with Crippen LogP contribution in [-0.2, 0) is 10.0 Å². The summed E-state index contributed by atoms with van der Waals surface area (Å²) in [6.45, 7) is 6.69. The van der Waals surface area contributed by atoms with Gasteiger partial charge in [-0.25, -0.2) is 17.5 Å². The van der Waals surface area contributed by atoms with Gasteiger partial charge in [-0.1, -0.05) is 20.8 Å². The number of hydrogen-bond donors (Lipinski definition) is 1. The van der Waals surface area contributed by atoms with Gasteiger partial charge in [0, 0.05) is 6.04 Å². The minimum atomic E-state index is -3.59. The molecule has 3 rings (SSSR count). The van der Waals surface area contributed by atoms with Gasteiger partial charge in [0.1, 0.15) is 5.82 Å². The van der Waals surface area contributed by atoms with Gasteiger partial charge in [-0.05, 0) is 60.3 Å². The van der Waals surface area contributed by atoms with Gasteiger partial charge < -0.3 is 0 Å². The molecule has 3 nitrogen and oxygen atoms in total. The number of rotatable bonds is 3. The van der Waals surface area contributed by atoms with Crippen molar-refractivity contribution in [2.24, 2.45) is 16.7 Å². The highest BCUT2D eigenvalue weighted by molar-refractivity contribution is 7.89. The summed E-state index contributed by atoms with van der Waals surface area (Å²) in [5.74, 6) is 0.144. The number of hydrogen-bond acceptors (Lipinski definition) is 2. The molecule has 0 aliphatic heterocycles. The van der Waals surface area contributed by atoms with Crippen molar-refractivity contribution >= 4 is 10.0 Å². The van der Waals surface area contributed by atoms with Crippen LogP contribution in [0.3, 0.4) is 0 Å². The standard InChI is InChI=1S/C16H22FNO2S/c1-15(2)11-8-9-16(15,3)14(10-11)18-21(19,20)13-6-4-12(17)5-7-13/h4-7,11,14,18H,8-10H2,1-3H3/t11-,14-,16-/m1/s1. The van der Waals surface area contributed by atoms with Gasteiger partial charge >= 0.3 is 0 Å². The smallest absolute Gasteiger partial charge is 0.207 e. The van der Waals surface area contributed by atoms with E-state index in [2.05, 4.69) is 25.5 Å².